The highest BCUT2D eigenvalue weighted by molar-refractivity contribution is 9.10. The monoisotopic (exact) mass is 711 g/mol. The van der Waals surface area contributed by atoms with Crippen molar-refractivity contribution >= 4 is 58.8 Å². The number of halogens is 4. The number of anilines is 1. The minimum Gasteiger partial charge on any atom is -0.491 e. The number of alkyl halides is 3. The predicted octanol–water partition coefficient (Wildman–Crippen LogP) is 9.21. The van der Waals surface area contributed by atoms with Crippen LogP contribution < -0.4 is 14.8 Å². The summed E-state index contributed by atoms with van der Waals surface area (Å²) < 4.78 is 74.3. The van der Waals surface area contributed by atoms with E-state index in [1.54, 1.807) is 64.1 Å². The first kappa shape index (κ1) is 33.8. The first-order valence-electron chi connectivity index (χ1n) is 13.6. The summed E-state index contributed by atoms with van der Waals surface area (Å²) in [5.74, 6) is -0.513. The van der Waals surface area contributed by atoms with Gasteiger partial charge in [0.2, 0.25) is 0 Å². The SMILES string of the molecule is CC(C)Oc1cc(OC(F)(F)F)cc(C(C)(C)c2cc(Br)cc(NC(=O)c3cc4cc(C(C)(C)S(C)(=O)=O)ccc4s3)c2)c1. The van der Waals surface area contributed by atoms with Crippen LogP contribution in [0.15, 0.2) is 65.1 Å². The third-order valence-electron chi connectivity index (χ3n) is 7.45. The average Bonchev–Trinajstić information content (AvgIpc) is 3.30. The number of rotatable bonds is 9. The standard InChI is InChI=1S/C32H33BrF3NO5S2/c1-18(2)41-25-14-22(15-26(17-25)42-32(34,35)36)30(3,4)21-12-23(33)16-24(13-21)37-29(38)28-11-19-10-20(8-9-27(19)43-28)31(5,6)44(7,39)40/h8-18H,1-7H3,(H,37,38). The van der Waals surface area contributed by atoms with E-state index in [9.17, 15) is 26.4 Å². The van der Waals surface area contributed by atoms with Gasteiger partial charge in [0.15, 0.2) is 9.84 Å². The summed E-state index contributed by atoms with van der Waals surface area (Å²) in [6.07, 6.45) is -3.95. The Morgan fingerprint density at radius 1 is 0.886 bits per heavy atom. The van der Waals surface area contributed by atoms with Gasteiger partial charge in [-0.05, 0) is 98.3 Å². The van der Waals surface area contributed by atoms with Gasteiger partial charge < -0.3 is 14.8 Å². The topological polar surface area (TPSA) is 81.7 Å². The number of hydrogen-bond acceptors (Lipinski definition) is 6. The Balaban J connectivity index is 1.66. The average molecular weight is 713 g/mol. The van der Waals surface area contributed by atoms with Crippen molar-refractivity contribution in [2.24, 2.45) is 0 Å². The van der Waals surface area contributed by atoms with Crippen LogP contribution in [0.25, 0.3) is 10.1 Å². The van der Waals surface area contributed by atoms with E-state index in [-0.39, 0.29) is 17.8 Å². The maximum Gasteiger partial charge on any atom is 0.573 e. The predicted molar refractivity (Wildman–Crippen MR) is 173 cm³/mol. The molecule has 0 saturated heterocycles. The van der Waals surface area contributed by atoms with Crippen molar-refractivity contribution < 1.29 is 35.9 Å². The molecule has 0 saturated carbocycles. The normalized spacial score (nSPS) is 12.9. The van der Waals surface area contributed by atoms with Gasteiger partial charge >= 0.3 is 6.36 Å². The molecular weight excluding hydrogens is 679 g/mol. The Kier molecular flexibility index (Phi) is 9.23. The minimum atomic E-state index is -4.87. The molecule has 12 heteroatoms. The van der Waals surface area contributed by atoms with Gasteiger partial charge in [-0.15, -0.1) is 24.5 Å². The third kappa shape index (κ3) is 7.58. The number of carbonyl (C=O) groups is 1. The van der Waals surface area contributed by atoms with Crippen molar-refractivity contribution in [3.63, 3.8) is 0 Å². The molecule has 4 aromatic rings. The smallest absolute Gasteiger partial charge is 0.491 e. The van der Waals surface area contributed by atoms with Crippen LogP contribution in [0.5, 0.6) is 11.5 Å². The molecule has 0 atom stereocenters. The van der Waals surface area contributed by atoms with Gasteiger partial charge in [0.25, 0.3) is 5.91 Å². The fourth-order valence-corrected chi connectivity index (χ4v) is 6.58. The number of thiophene rings is 1. The van der Waals surface area contributed by atoms with Crippen molar-refractivity contribution in [2.45, 2.75) is 64.2 Å². The zero-order valence-electron chi connectivity index (χ0n) is 25.2. The van der Waals surface area contributed by atoms with E-state index in [0.29, 0.717) is 31.7 Å². The van der Waals surface area contributed by atoms with Gasteiger partial charge in [-0.25, -0.2) is 8.42 Å². The Bertz CT molecular complexity index is 1830. The van der Waals surface area contributed by atoms with Crippen LogP contribution in [0.1, 0.15) is 67.9 Å². The van der Waals surface area contributed by atoms with E-state index in [1.165, 1.54) is 29.7 Å². The summed E-state index contributed by atoms with van der Waals surface area (Å²) in [4.78, 5) is 13.8. The first-order valence-corrected chi connectivity index (χ1v) is 17.1. The summed E-state index contributed by atoms with van der Waals surface area (Å²) in [6.45, 7) is 10.6. The first-order chi connectivity index (χ1) is 20.2. The van der Waals surface area contributed by atoms with E-state index >= 15 is 0 Å². The van der Waals surface area contributed by atoms with Crippen molar-refractivity contribution in [1.29, 1.82) is 0 Å². The largest absolute Gasteiger partial charge is 0.573 e. The number of amides is 1. The molecule has 6 nitrogen and oxygen atoms in total. The van der Waals surface area contributed by atoms with E-state index < -0.39 is 32.1 Å². The van der Waals surface area contributed by atoms with Crippen LogP contribution in [-0.4, -0.2) is 33.0 Å². The summed E-state index contributed by atoms with van der Waals surface area (Å²) in [6, 6.07) is 16.6. The fraction of sp³-hybridized carbons (Fsp3) is 0.344. The second kappa shape index (κ2) is 12.0. The Morgan fingerprint density at radius 3 is 2.14 bits per heavy atom. The minimum absolute atomic E-state index is 0.237. The maximum atomic E-state index is 13.3. The number of nitrogens with one attached hydrogen (secondary N) is 1. The molecule has 236 valence electrons. The molecule has 0 bridgehead atoms. The van der Waals surface area contributed by atoms with E-state index in [0.717, 1.165) is 10.1 Å². The van der Waals surface area contributed by atoms with Gasteiger partial charge in [0.1, 0.15) is 11.5 Å². The van der Waals surface area contributed by atoms with E-state index in [4.69, 9.17) is 4.74 Å². The van der Waals surface area contributed by atoms with Crippen molar-refractivity contribution in [2.75, 3.05) is 11.6 Å². The zero-order chi connectivity index (χ0) is 32.8. The molecule has 1 heterocycles. The molecule has 3 aromatic carbocycles. The molecule has 0 radical (unpaired) electrons. The fourth-order valence-electron chi connectivity index (χ4n) is 4.59. The van der Waals surface area contributed by atoms with Gasteiger partial charge in [-0.1, -0.05) is 35.8 Å². The summed E-state index contributed by atoms with van der Waals surface area (Å²) in [5, 5.41) is 3.68. The quantitative estimate of drug-likeness (QED) is 0.187. The van der Waals surface area contributed by atoms with Crippen LogP contribution in [0, 0.1) is 0 Å². The molecule has 1 N–H and O–H groups in total. The Morgan fingerprint density at radius 2 is 1.52 bits per heavy atom. The molecule has 1 aromatic heterocycles. The number of fused-ring (bicyclic) bond motifs is 1. The lowest BCUT2D eigenvalue weighted by Gasteiger charge is -2.28. The van der Waals surface area contributed by atoms with Crippen molar-refractivity contribution in [1.82, 2.24) is 0 Å². The molecule has 0 spiro atoms. The molecule has 44 heavy (non-hydrogen) atoms. The highest BCUT2D eigenvalue weighted by Crippen LogP contribution is 2.40. The maximum absolute atomic E-state index is 13.3. The van der Waals surface area contributed by atoms with Crippen LogP contribution in [0.4, 0.5) is 18.9 Å². The number of carbonyl (C=O) groups excluding carboxylic acids is 1. The number of sulfone groups is 1. The third-order valence-corrected chi connectivity index (χ3v) is 11.1. The highest BCUT2D eigenvalue weighted by atomic mass is 79.9. The molecule has 0 aliphatic heterocycles. The molecule has 0 fully saturated rings. The van der Waals surface area contributed by atoms with Crippen molar-refractivity contribution in [3.8, 4) is 11.5 Å². The Hall–Kier alpha value is -3.09. The highest BCUT2D eigenvalue weighted by Gasteiger charge is 2.34. The van der Waals surface area contributed by atoms with Crippen LogP contribution in [0.3, 0.4) is 0 Å². The summed E-state index contributed by atoms with van der Waals surface area (Å²) in [7, 11) is -3.38. The summed E-state index contributed by atoms with van der Waals surface area (Å²) in [5.41, 5.74) is 1.50. The van der Waals surface area contributed by atoms with E-state index in [2.05, 4.69) is 26.0 Å². The van der Waals surface area contributed by atoms with Crippen LogP contribution >= 0.6 is 27.3 Å². The van der Waals surface area contributed by atoms with Crippen LogP contribution in [0.2, 0.25) is 0 Å². The second-order valence-corrected chi connectivity index (χ2v) is 16.4. The molecular formula is C32H33BrF3NO5S2. The van der Waals surface area contributed by atoms with Crippen molar-refractivity contribution in [3.05, 3.63) is 86.7 Å². The van der Waals surface area contributed by atoms with Gasteiger partial charge in [0, 0.05) is 32.6 Å². The van der Waals surface area contributed by atoms with Crippen LogP contribution in [-0.2, 0) is 20.0 Å². The van der Waals surface area contributed by atoms with Gasteiger partial charge in [0.05, 0.1) is 15.7 Å². The molecule has 0 aliphatic rings. The molecule has 1 amide bonds. The van der Waals surface area contributed by atoms with Gasteiger partial charge in [-0.2, -0.15) is 0 Å². The molecule has 0 aliphatic carbocycles. The lowest BCUT2D eigenvalue weighted by molar-refractivity contribution is -0.274. The second-order valence-electron chi connectivity index (χ2n) is 11.9. The number of hydrogen-bond donors (Lipinski definition) is 1. The lowest BCUT2D eigenvalue weighted by atomic mass is 9.78. The lowest BCUT2D eigenvalue weighted by Crippen LogP contribution is -2.27. The number of ether oxygens (including phenoxy) is 2. The zero-order valence-corrected chi connectivity index (χ0v) is 28.4. The molecule has 4 rings (SSSR count). The van der Waals surface area contributed by atoms with Gasteiger partial charge in [-0.3, -0.25) is 4.79 Å². The van der Waals surface area contributed by atoms with E-state index in [1.807, 2.05) is 26.0 Å². The number of benzene rings is 3. The molecule has 0 unspecified atom stereocenters. The Labute approximate surface area is 267 Å². The summed E-state index contributed by atoms with van der Waals surface area (Å²) >= 11 is 4.78.